The third kappa shape index (κ3) is 2.48. The van der Waals surface area contributed by atoms with E-state index in [-0.39, 0.29) is 0 Å². The number of hydrogen-bond donors (Lipinski definition) is 1. The second kappa shape index (κ2) is 4.27. The van der Waals surface area contributed by atoms with Crippen molar-refractivity contribution >= 4 is 0 Å². The summed E-state index contributed by atoms with van der Waals surface area (Å²) in [5.74, 6) is 1.60. The van der Waals surface area contributed by atoms with Gasteiger partial charge in [0.2, 0.25) is 0 Å². The van der Waals surface area contributed by atoms with E-state index in [1.807, 2.05) is 0 Å². The summed E-state index contributed by atoms with van der Waals surface area (Å²) in [6.45, 7) is 9.28. The molecule has 0 aromatic rings. The van der Waals surface area contributed by atoms with Gasteiger partial charge in [-0.15, -0.1) is 0 Å². The molecule has 0 radical (unpaired) electrons. The fraction of sp³-hybridized carbons (Fsp3) is 1.00. The van der Waals surface area contributed by atoms with E-state index in [9.17, 15) is 0 Å². The van der Waals surface area contributed by atoms with Crippen LogP contribution in [0.15, 0.2) is 0 Å². The number of nitrogens with one attached hydrogen (secondary N) is 1. The third-order valence-electron chi connectivity index (χ3n) is 3.07. The second-order valence-electron chi connectivity index (χ2n) is 4.80. The van der Waals surface area contributed by atoms with Crippen LogP contribution in [-0.4, -0.2) is 12.1 Å². The van der Waals surface area contributed by atoms with Gasteiger partial charge in [-0.05, 0) is 24.7 Å². The molecule has 12 heavy (non-hydrogen) atoms. The largest absolute Gasteiger partial charge is 0.311 e. The van der Waals surface area contributed by atoms with Crippen LogP contribution in [0.2, 0.25) is 0 Å². The summed E-state index contributed by atoms with van der Waals surface area (Å²) in [6, 6.07) is 1.54. The van der Waals surface area contributed by atoms with E-state index in [2.05, 4.69) is 33.0 Å². The highest BCUT2D eigenvalue weighted by Crippen LogP contribution is 2.21. The summed E-state index contributed by atoms with van der Waals surface area (Å²) in [7, 11) is 0. The van der Waals surface area contributed by atoms with Gasteiger partial charge in [-0.2, -0.15) is 0 Å². The lowest BCUT2D eigenvalue weighted by Crippen LogP contribution is -2.47. The van der Waals surface area contributed by atoms with Gasteiger partial charge in [-0.3, -0.25) is 0 Å². The van der Waals surface area contributed by atoms with Gasteiger partial charge >= 0.3 is 0 Å². The van der Waals surface area contributed by atoms with Crippen molar-refractivity contribution in [2.75, 3.05) is 0 Å². The van der Waals surface area contributed by atoms with Crippen molar-refractivity contribution in [3.63, 3.8) is 0 Å². The molecule has 1 fully saturated rings. The number of rotatable bonds is 2. The highest BCUT2D eigenvalue weighted by atomic mass is 15.0. The highest BCUT2D eigenvalue weighted by molar-refractivity contribution is 4.83. The zero-order chi connectivity index (χ0) is 9.14. The average Bonchev–Trinajstić information content (AvgIpc) is 2.04. The van der Waals surface area contributed by atoms with Crippen LogP contribution in [0.1, 0.15) is 47.0 Å². The Morgan fingerprint density at radius 3 is 1.67 bits per heavy atom. The lowest BCUT2D eigenvalue weighted by molar-refractivity contribution is 0.231. The minimum absolute atomic E-state index is 0.770. The molecule has 1 aliphatic rings. The Morgan fingerprint density at radius 1 is 0.917 bits per heavy atom. The van der Waals surface area contributed by atoms with Gasteiger partial charge in [-0.1, -0.05) is 34.1 Å². The predicted octanol–water partition coefficient (Wildman–Crippen LogP) is 2.81. The Labute approximate surface area is 76.9 Å². The molecular formula is C11H23N. The van der Waals surface area contributed by atoms with E-state index in [0.717, 1.165) is 23.9 Å². The van der Waals surface area contributed by atoms with Gasteiger partial charge in [0.25, 0.3) is 0 Å². The average molecular weight is 169 g/mol. The number of hydrogen-bond acceptors (Lipinski definition) is 1. The predicted molar refractivity (Wildman–Crippen MR) is 54.2 cm³/mol. The molecule has 0 spiro atoms. The Morgan fingerprint density at radius 2 is 1.33 bits per heavy atom. The molecule has 0 bridgehead atoms. The Balaban J connectivity index is 2.40. The quantitative estimate of drug-likeness (QED) is 0.670. The van der Waals surface area contributed by atoms with Gasteiger partial charge < -0.3 is 5.32 Å². The fourth-order valence-electron chi connectivity index (χ4n) is 2.05. The van der Waals surface area contributed by atoms with Crippen LogP contribution in [0, 0.1) is 11.8 Å². The van der Waals surface area contributed by atoms with Gasteiger partial charge in [-0.25, -0.2) is 0 Å². The monoisotopic (exact) mass is 169 g/mol. The Bertz CT molecular complexity index is 115. The maximum absolute atomic E-state index is 3.75. The molecule has 0 aromatic heterocycles. The summed E-state index contributed by atoms with van der Waals surface area (Å²) < 4.78 is 0. The normalized spacial score (nSPS) is 31.5. The zero-order valence-electron chi connectivity index (χ0n) is 8.93. The molecule has 1 heteroatoms. The van der Waals surface area contributed by atoms with E-state index >= 15 is 0 Å². The molecule has 1 saturated heterocycles. The first-order valence-electron chi connectivity index (χ1n) is 5.37. The van der Waals surface area contributed by atoms with Crippen molar-refractivity contribution in [2.45, 2.75) is 59.0 Å². The Hall–Kier alpha value is -0.0400. The maximum atomic E-state index is 3.75. The zero-order valence-corrected chi connectivity index (χ0v) is 8.93. The molecule has 1 rings (SSSR count). The lowest BCUT2D eigenvalue weighted by Gasteiger charge is -2.35. The molecule has 1 nitrogen and oxygen atoms in total. The van der Waals surface area contributed by atoms with E-state index in [1.165, 1.54) is 19.3 Å². The standard InChI is InChI=1S/C11H23N/c1-8(2)10-6-5-7-11(12-10)9(3)4/h8-12H,5-7H2,1-4H3/t10-,11+. The maximum Gasteiger partial charge on any atom is 0.00927 e. The molecule has 0 amide bonds. The molecule has 72 valence electrons. The molecule has 1 aliphatic heterocycles. The van der Waals surface area contributed by atoms with E-state index < -0.39 is 0 Å². The van der Waals surface area contributed by atoms with Crippen molar-refractivity contribution < 1.29 is 0 Å². The first kappa shape index (κ1) is 10.0. The van der Waals surface area contributed by atoms with E-state index in [4.69, 9.17) is 0 Å². The molecule has 0 aliphatic carbocycles. The van der Waals surface area contributed by atoms with Crippen molar-refractivity contribution in [1.29, 1.82) is 0 Å². The summed E-state index contributed by atoms with van der Waals surface area (Å²) in [5, 5.41) is 3.75. The van der Waals surface area contributed by atoms with Gasteiger partial charge in [0, 0.05) is 12.1 Å². The van der Waals surface area contributed by atoms with Crippen molar-refractivity contribution in [3.05, 3.63) is 0 Å². The van der Waals surface area contributed by atoms with E-state index in [0.29, 0.717) is 0 Å². The van der Waals surface area contributed by atoms with Crippen molar-refractivity contribution in [1.82, 2.24) is 5.32 Å². The lowest BCUT2D eigenvalue weighted by atomic mass is 9.87. The topological polar surface area (TPSA) is 12.0 Å². The molecule has 2 atom stereocenters. The summed E-state index contributed by atoms with van der Waals surface area (Å²) in [4.78, 5) is 0. The summed E-state index contributed by atoms with van der Waals surface area (Å²) >= 11 is 0. The van der Waals surface area contributed by atoms with Gasteiger partial charge in [0.05, 0.1) is 0 Å². The van der Waals surface area contributed by atoms with E-state index in [1.54, 1.807) is 0 Å². The first-order valence-corrected chi connectivity index (χ1v) is 5.37. The van der Waals surface area contributed by atoms with Crippen LogP contribution in [0.4, 0.5) is 0 Å². The summed E-state index contributed by atoms with van der Waals surface area (Å²) in [5.41, 5.74) is 0. The van der Waals surface area contributed by atoms with Crippen LogP contribution in [-0.2, 0) is 0 Å². The summed E-state index contributed by atoms with van der Waals surface area (Å²) in [6.07, 6.45) is 4.17. The van der Waals surface area contributed by atoms with Gasteiger partial charge in [0.15, 0.2) is 0 Å². The highest BCUT2D eigenvalue weighted by Gasteiger charge is 2.24. The van der Waals surface area contributed by atoms with Gasteiger partial charge in [0.1, 0.15) is 0 Å². The van der Waals surface area contributed by atoms with Crippen LogP contribution >= 0.6 is 0 Å². The SMILES string of the molecule is CC(C)[C@@H]1CCC[C@H](C(C)C)N1. The van der Waals surface area contributed by atoms with Crippen molar-refractivity contribution in [2.24, 2.45) is 11.8 Å². The molecule has 0 saturated carbocycles. The Kier molecular flexibility index (Phi) is 3.57. The second-order valence-corrected chi connectivity index (χ2v) is 4.80. The smallest absolute Gasteiger partial charge is 0.00927 e. The minimum Gasteiger partial charge on any atom is -0.311 e. The molecule has 0 unspecified atom stereocenters. The van der Waals surface area contributed by atoms with Crippen LogP contribution in [0.25, 0.3) is 0 Å². The van der Waals surface area contributed by atoms with Crippen LogP contribution in [0.5, 0.6) is 0 Å². The third-order valence-corrected chi connectivity index (χ3v) is 3.07. The fourth-order valence-corrected chi connectivity index (χ4v) is 2.05. The number of piperidine rings is 1. The molecule has 1 heterocycles. The minimum atomic E-state index is 0.770. The molecule has 1 N–H and O–H groups in total. The molecular weight excluding hydrogens is 146 g/mol. The van der Waals surface area contributed by atoms with Crippen LogP contribution < -0.4 is 5.32 Å². The van der Waals surface area contributed by atoms with Crippen LogP contribution in [0.3, 0.4) is 0 Å². The molecule has 0 aromatic carbocycles. The first-order chi connectivity index (χ1) is 5.61. The van der Waals surface area contributed by atoms with Crippen molar-refractivity contribution in [3.8, 4) is 0 Å².